The third kappa shape index (κ3) is 8.08. The molecule has 1 aromatic carbocycles. The molecule has 0 radical (unpaired) electrons. The van der Waals surface area contributed by atoms with E-state index in [0.717, 1.165) is 55.0 Å². The number of carbonyl (C=O) groups is 4. The van der Waals surface area contributed by atoms with Gasteiger partial charge in [-0.05, 0) is 76.3 Å². The number of rotatable bonds is 8. The SMILES string of the molecule is O=C(N[C@H]1CCCCC/C=C\[C@@H]2C[C@]2(C(=O)NS(=O)(=O)C2CC2)NC(=O)[C@@H]2C[C@@H](O/N=C/c3ccnc4ccccc34)CN2C1=O)OC1CCCC1. The molecule has 0 spiro atoms. The van der Waals surface area contributed by atoms with Crippen molar-refractivity contribution in [2.45, 2.75) is 119 Å². The number of para-hydroxylation sites is 1. The minimum Gasteiger partial charge on any atom is -0.446 e. The number of hydrogen-bond acceptors (Lipinski definition) is 10. The largest absolute Gasteiger partial charge is 0.446 e. The molecule has 4 amide bonds. The van der Waals surface area contributed by atoms with Gasteiger partial charge in [-0.15, -0.1) is 0 Å². The Morgan fingerprint density at radius 1 is 1.00 bits per heavy atom. The number of carbonyl (C=O) groups excluding carboxylic acids is 4. The summed E-state index contributed by atoms with van der Waals surface area (Å²) in [6, 6.07) is 7.38. The highest BCUT2D eigenvalue weighted by molar-refractivity contribution is 7.91. The monoisotopic (exact) mass is 734 g/mol. The van der Waals surface area contributed by atoms with Crippen LogP contribution in [0, 0.1) is 5.92 Å². The van der Waals surface area contributed by atoms with Crippen LogP contribution in [0.4, 0.5) is 4.79 Å². The summed E-state index contributed by atoms with van der Waals surface area (Å²) in [4.78, 5) is 66.9. The fourth-order valence-electron chi connectivity index (χ4n) is 7.58. The quantitative estimate of drug-likeness (QED) is 0.207. The maximum absolute atomic E-state index is 14.3. The van der Waals surface area contributed by atoms with E-state index < -0.39 is 68.7 Å². The molecule has 0 bridgehead atoms. The molecule has 5 atom stereocenters. The number of nitrogens with zero attached hydrogens (tertiary/aromatic N) is 3. The zero-order valence-electron chi connectivity index (χ0n) is 29.1. The lowest BCUT2D eigenvalue weighted by molar-refractivity contribution is -0.141. The average molecular weight is 735 g/mol. The molecular weight excluding hydrogens is 689 g/mol. The second kappa shape index (κ2) is 15.2. The van der Waals surface area contributed by atoms with Crippen molar-refractivity contribution in [3.63, 3.8) is 0 Å². The van der Waals surface area contributed by atoms with Crippen LogP contribution in [-0.4, -0.2) is 90.0 Å². The van der Waals surface area contributed by atoms with E-state index in [9.17, 15) is 27.6 Å². The van der Waals surface area contributed by atoms with Crippen molar-refractivity contribution in [3.8, 4) is 0 Å². The number of alkyl carbamates (subject to hydrolysis) is 1. The first-order chi connectivity index (χ1) is 25.1. The van der Waals surface area contributed by atoms with E-state index in [1.807, 2.05) is 36.4 Å². The zero-order chi connectivity index (χ0) is 36.3. The van der Waals surface area contributed by atoms with Gasteiger partial charge in [-0.1, -0.05) is 48.3 Å². The Morgan fingerprint density at radius 2 is 1.79 bits per heavy atom. The van der Waals surface area contributed by atoms with Gasteiger partial charge in [-0.3, -0.25) is 24.1 Å². The van der Waals surface area contributed by atoms with Gasteiger partial charge in [0.25, 0.3) is 5.91 Å². The van der Waals surface area contributed by atoms with Crippen molar-refractivity contribution < 1.29 is 37.2 Å². The Labute approximate surface area is 303 Å². The van der Waals surface area contributed by atoms with Gasteiger partial charge in [0.05, 0.1) is 23.5 Å². The Morgan fingerprint density at radius 3 is 2.60 bits per heavy atom. The summed E-state index contributed by atoms with van der Waals surface area (Å²) in [5.74, 6) is -2.26. The van der Waals surface area contributed by atoms with Crippen LogP contribution >= 0.6 is 0 Å². The normalized spacial score (nSPS) is 29.3. The van der Waals surface area contributed by atoms with E-state index in [1.165, 1.54) is 4.90 Å². The predicted octanol–water partition coefficient (Wildman–Crippen LogP) is 3.60. The number of fused-ring (bicyclic) bond motifs is 3. The molecular formula is C37H46N6O8S. The van der Waals surface area contributed by atoms with Gasteiger partial charge in [-0.25, -0.2) is 13.2 Å². The number of nitrogens with one attached hydrogen (secondary N) is 3. The molecule has 1 aromatic heterocycles. The maximum Gasteiger partial charge on any atom is 0.408 e. The highest BCUT2D eigenvalue weighted by Crippen LogP contribution is 2.46. The summed E-state index contributed by atoms with van der Waals surface area (Å²) in [5.41, 5.74) is 0.0907. The number of aromatic nitrogens is 1. The van der Waals surface area contributed by atoms with Crippen LogP contribution in [0.3, 0.4) is 0 Å². The van der Waals surface area contributed by atoms with Crippen molar-refractivity contribution in [1.29, 1.82) is 0 Å². The fourth-order valence-corrected chi connectivity index (χ4v) is 8.94. The van der Waals surface area contributed by atoms with E-state index in [-0.39, 0.29) is 25.5 Å². The summed E-state index contributed by atoms with van der Waals surface area (Å²) in [5, 5.41) is 10.1. The van der Waals surface area contributed by atoms with Crippen molar-refractivity contribution in [1.82, 2.24) is 25.2 Å². The standard InChI is InChI=1S/C37H46N6O8S/c44-33-32-20-27(51-39-22-24-18-19-38-30-14-9-8-13-29(24)30)23-43(32)34(45)31(40-36(47)50-26-11-6-7-12-26)15-5-3-1-2-4-10-25-21-37(25,41-33)35(46)42-52(48,49)28-16-17-28/h4,8-10,13-14,18-19,22,25-28,31-32H,1-3,5-7,11-12,15-17,20-21,23H2,(H,40,47)(H,41,44)(H,42,46)/b10-4-,39-22+/t25-,27-,31+,32+,37+/m1/s1. The molecule has 0 unspecified atom stereocenters. The first-order valence-corrected chi connectivity index (χ1v) is 20.0. The average Bonchev–Trinajstić information content (AvgIpc) is 4.00. The topological polar surface area (TPSA) is 185 Å². The zero-order valence-corrected chi connectivity index (χ0v) is 29.9. The van der Waals surface area contributed by atoms with Crippen molar-refractivity contribution in [2.75, 3.05) is 6.54 Å². The number of sulfonamides is 1. The van der Waals surface area contributed by atoms with Crippen LogP contribution < -0.4 is 15.4 Å². The molecule has 4 fully saturated rings. The molecule has 278 valence electrons. The van der Waals surface area contributed by atoms with Gasteiger partial charge < -0.3 is 25.1 Å². The third-order valence-electron chi connectivity index (χ3n) is 10.8. The van der Waals surface area contributed by atoms with Crippen LogP contribution in [0.1, 0.15) is 89.0 Å². The molecule has 3 saturated carbocycles. The van der Waals surface area contributed by atoms with E-state index in [0.29, 0.717) is 32.1 Å². The molecule has 1 saturated heterocycles. The molecule has 5 aliphatic rings. The van der Waals surface area contributed by atoms with Crippen LogP contribution in [-0.2, 0) is 34.0 Å². The van der Waals surface area contributed by atoms with Crippen LogP contribution in [0.15, 0.2) is 53.8 Å². The number of hydrogen-bond donors (Lipinski definition) is 3. The van der Waals surface area contributed by atoms with Gasteiger partial charge in [-0.2, -0.15) is 0 Å². The number of amides is 4. The molecule has 3 heterocycles. The van der Waals surface area contributed by atoms with Crippen LogP contribution in [0.2, 0.25) is 0 Å². The van der Waals surface area contributed by atoms with Gasteiger partial charge in [0.1, 0.15) is 29.8 Å². The smallest absolute Gasteiger partial charge is 0.408 e. The van der Waals surface area contributed by atoms with Gasteiger partial charge in [0.15, 0.2) is 0 Å². The number of pyridine rings is 1. The molecule has 3 N–H and O–H groups in total. The lowest BCUT2D eigenvalue weighted by atomic mass is 10.0. The summed E-state index contributed by atoms with van der Waals surface area (Å²) in [7, 11) is -3.87. The van der Waals surface area contributed by atoms with E-state index in [2.05, 4.69) is 25.5 Å². The molecule has 15 heteroatoms. The number of oxime groups is 1. The van der Waals surface area contributed by atoms with Crippen LogP contribution in [0.5, 0.6) is 0 Å². The summed E-state index contributed by atoms with van der Waals surface area (Å²) < 4.78 is 33.4. The van der Waals surface area contributed by atoms with Crippen LogP contribution in [0.25, 0.3) is 10.9 Å². The van der Waals surface area contributed by atoms with E-state index in [4.69, 9.17) is 9.57 Å². The molecule has 7 rings (SSSR count). The minimum atomic E-state index is -3.87. The lowest BCUT2D eigenvalue weighted by Gasteiger charge is -2.30. The second-order valence-electron chi connectivity index (χ2n) is 14.6. The lowest BCUT2D eigenvalue weighted by Crippen LogP contribution is -2.58. The first-order valence-electron chi connectivity index (χ1n) is 18.5. The minimum absolute atomic E-state index is 0.000206. The first kappa shape index (κ1) is 35.9. The van der Waals surface area contributed by atoms with E-state index in [1.54, 1.807) is 18.5 Å². The highest BCUT2D eigenvalue weighted by atomic mass is 32.2. The summed E-state index contributed by atoms with van der Waals surface area (Å²) in [6.45, 7) is -0.000206. The number of benzene rings is 1. The second-order valence-corrected chi connectivity index (χ2v) is 16.6. The van der Waals surface area contributed by atoms with Gasteiger partial charge in [0.2, 0.25) is 21.8 Å². The predicted molar refractivity (Wildman–Crippen MR) is 191 cm³/mol. The summed E-state index contributed by atoms with van der Waals surface area (Å²) >= 11 is 0. The Hall–Kier alpha value is -4.53. The molecule has 3 aliphatic carbocycles. The third-order valence-corrected chi connectivity index (χ3v) is 12.6. The fraction of sp³-hybridized carbons (Fsp3) is 0.568. The van der Waals surface area contributed by atoms with Gasteiger partial charge in [0, 0.05) is 29.5 Å². The highest BCUT2D eigenvalue weighted by Gasteiger charge is 2.62. The van der Waals surface area contributed by atoms with Crippen molar-refractivity contribution in [2.24, 2.45) is 11.1 Å². The molecule has 2 aromatic rings. The van der Waals surface area contributed by atoms with E-state index >= 15 is 0 Å². The Balaban J connectivity index is 1.13. The number of allylic oxidation sites excluding steroid dienone is 1. The molecule has 14 nitrogen and oxygen atoms in total. The summed E-state index contributed by atoms with van der Waals surface area (Å²) in [6.07, 6.45) is 13.6. The van der Waals surface area contributed by atoms with Crippen molar-refractivity contribution >= 4 is 51.0 Å². The number of ether oxygens (including phenoxy) is 1. The maximum atomic E-state index is 14.3. The Bertz CT molecular complexity index is 1850. The molecule has 52 heavy (non-hydrogen) atoms. The van der Waals surface area contributed by atoms with Crippen molar-refractivity contribution in [3.05, 3.63) is 54.2 Å². The van der Waals surface area contributed by atoms with Gasteiger partial charge >= 0.3 is 6.09 Å². The Kier molecular flexibility index (Phi) is 10.5. The molecule has 2 aliphatic heterocycles.